The summed E-state index contributed by atoms with van der Waals surface area (Å²) >= 11 is 0. The van der Waals surface area contributed by atoms with Crippen LogP contribution in [0.4, 0.5) is 5.82 Å². The number of hydrogen-bond donors (Lipinski definition) is 1. The summed E-state index contributed by atoms with van der Waals surface area (Å²) in [6.45, 7) is 3.83. The second-order valence-corrected chi connectivity index (χ2v) is 7.19. The summed E-state index contributed by atoms with van der Waals surface area (Å²) in [5.74, 6) is 0.883. The molecule has 5 heteroatoms. The lowest BCUT2D eigenvalue weighted by molar-refractivity contribution is 0.0599. The van der Waals surface area contributed by atoms with Crippen molar-refractivity contribution in [1.82, 2.24) is 14.8 Å². The zero-order valence-corrected chi connectivity index (χ0v) is 15.3. The lowest BCUT2D eigenvalue weighted by atomic mass is 9.95. The van der Waals surface area contributed by atoms with Crippen molar-refractivity contribution in [2.24, 2.45) is 0 Å². The van der Waals surface area contributed by atoms with Crippen LogP contribution in [0.5, 0.6) is 0 Å². The summed E-state index contributed by atoms with van der Waals surface area (Å²) in [4.78, 5) is 21.5. The number of carbonyl (C=O) groups is 1. The average molecular weight is 350 g/mol. The fourth-order valence-electron chi connectivity index (χ4n) is 4.11. The molecule has 0 saturated carbocycles. The van der Waals surface area contributed by atoms with Gasteiger partial charge in [-0.05, 0) is 42.5 Å². The van der Waals surface area contributed by atoms with Crippen molar-refractivity contribution >= 4 is 11.7 Å². The third kappa shape index (κ3) is 3.44. The maximum Gasteiger partial charge on any atom is 0.255 e. The molecule has 0 radical (unpaired) electrons. The molecule has 1 N–H and O–H groups in total. The van der Waals surface area contributed by atoms with Gasteiger partial charge in [0.25, 0.3) is 5.91 Å². The number of anilines is 1. The molecule has 1 aromatic carbocycles. The number of piperidine rings is 1. The summed E-state index contributed by atoms with van der Waals surface area (Å²) in [5, 5.41) is 2.98. The van der Waals surface area contributed by atoms with Gasteiger partial charge in [-0.15, -0.1) is 0 Å². The van der Waals surface area contributed by atoms with Crippen LogP contribution in [0.25, 0.3) is 0 Å². The van der Waals surface area contributed by atoms with Crippen LogP contribution < -0.4 is 5.32 Å². The van der Waals surface area contributed by atoms with Crippen molar-refractivity contribution in [3.05, 3.63) is 59.3 Å². The van der Waals surface area contributed by atoms with Gasteiger partial charge in [0, 0.05) is 45.5 Å². The van der Waals surface area contributed by atoms with Gasteiger partial charge >= 0.3 is 0 Å². The molecule has 5 nitrogen and oxygen atoms in total. The van der Waals surface area contributed by atoms with Crippen LogP contribution in [-0.2, 0) is 13.0 Å². The number of rotatable bonds is 3. The lowest BCUT2D eigenvalue weighted by Crippen LogP contribution is -2.48. The fraction of sp³-hybridized carbons (Fsp3) is 0.429. The van der Waals surface area contributed by atoms with Gasteiger partial charge in [0.15, 0.2) is 0 Å². The molecule has 0 bridgehead atoms. The number of pyridine rings is 1. The predicted molar refractivity (Wildman–Crippen MR) is 103 cm³/mol. The number of hydrogen-bond acceptors (Lipinski definition) is 4. The van der Waals surface area contributed by atoms with Gasteiger partial charge in [-0.25, -0.2) is 4.98 Å². The van der Waals surface area contributed by atoms with Crippen molar-refractivity contribution < 1.29 is 4.79 Å². The molecule has 1 fully saturated rings. The number of carbonyl (C=O) groups excluding carboxylic acids is 1. The number of aromatic nitrogens is 1. The van der Waals surface area contributed by atoms with E-state index >= 15 is 0 Å². The quantitative estimate of drug-likeness (QED) is 0.925. The van der Waals surface area contributed by atoms with E-state index in [-0.39, 0.29) is 5.91 Å². The van der Waals surface area contributed by atoms with E-state index in [0.29, 0.717) is 11.6 Å². The van der Waals surface area contributed by atoms with E-state index in [1.807, 2.05) is 24.1 Å². The van der Waals surface area contributed by atoms with Gasteiger partial charge in [0.2, 0.25) is 0 Å². The largest absolute Gasteiger partial charge is 0.373 e. The van der Waals surface area contributed by atoms with Crippen LogP contribution in [0.3, 0.4) is 0 Å². The van der Waals surface area contributed by atoms with Crippen molar-refractivity contribution in [3.63, 3.8) is 0 Å². The Kier molecular flexibility index (Phi) is 4.89. The molecule has 1 saturated heterocycles. The van der Waals surface area contributed by atoms with Crippen LogP contribution in [0.15, 0.2) is 42.6 Å². The summed E-state index contributed by atoms with van der Waals surface area (Å²) in [6, 6.07) is 13.1. The third-order valence-corrected chi connectivity index (χ3v) is 5.69. The van der Waals surface area contributed by atoms with Crippen molar-refractivity contribution in [1.29, 1.82) is 0 Å². The van der Waals surface area contributed by atoms with Crippen LogP contribution in [-0.4, -0.2) is 53.4 Å². The summed E-state index contributed by atoms with van der Waals surface area (Å²) in [6.07, 6.45) is 4.91. The molecule has 2 aromatic rings. The minimum Gasteiger partial charge on any atom is -0.373 e. The molecule has 3 heterocycles. The highest BCUT2D eigenvalue weighted by atomic mass is 16.2. The monoisotopic (exact) mass is 350 g/mol. The van der Waals surface area contributed by atoms with E-state index in [9.17, 15) is 4.79 Å². The molecule has 2 aliphatic heterocycles. The van der Waals surface area contributed by atoms with Crippen LogP contribution in [0, 0.1) is 0 Å². The van der Waals surface area contributed by atoms with Crippen LogP contribution in [0.2, 0.25) is 0 Å². The van der Waals surface area contributed by atoms with E-state index in [1.165, 1.54) is 11.1 Å². The predicted octanol–water partition coefficient (Wildman–Crippen LogP) is 2.79. The average Bonchev–Trinajstić information content (AvgIpc) is 2.73. The molecule has 0 unspecified atom stereocenters. The first-order valence-electron chi connectivity index (χ1n) is 9.48. The molecule has 0 spiro atoms. The normalized spacial score (nSPS) is 18.4. The standard InChI is InChI=1S/C21H26N4O/c1-22-20-7-6-17(14-23-20)21(26)24-12-9-19(10-13-24)25-11-8-16-4-2-3-5-18(16)15-25/h2-7,14,19H,8-13,15H2,1H3,(H,22,23). The number of nitrogens with zero attached hydrogens (tertiary/aromatic N) is 3. The summed E-state index contributed by atoms with van der Waals surface area (Å²) in [5.41, 5.74) is 3.64. The molecule has 26 heavy (non-hydrogen) atoms. The number of likely N-dealkylation sites (tertiary alicyclic amines) is 1. The number of fused-ring (bicyclic) bond motifs is 1. The minimum atomic E-state index is 0.0996. The first kappa shape index (κ1) is 17.0. The number of amides is 1. The Morgan fingerprint density at radius 3 is 2.54 bits per heavy atom. The maximum absolute atomic E-state index is 12.7. The van der Waals surface area contributed by atoms with Crippen LogP contribution >= 0.6 is 0 Å². The zero-order chi connectivity index (χ0) is 17.9. The Labute approximate surface area is 155 Å². The highest BCUT2D eigenvalue weighted by Gasteiger charge is 2.29. The summed E-state index contributed by atoms with van der Waals surface area (Å²) in [7, 11) is 1.83. The molecule has 136 valence electrons. The first-order valence-corrected chi connectivity index (χ1v) is 9.48. The Bertz CT molecular complexity index is 766. The van der Waals surface area contributed by atoms with Gasteiger partial charge in [0.05, 0.1) is 5.56 Å². The Morgan fingerprint density at radius 1 is 1.08 bits per heavy atom. The number of nitrogens with one attached hydrogen (secondary N) is 1. The Balaban J connectivity index is 1.34. The molecule has 0 atom stereocenters. The highest BCUT2D eigenvalue weighted by Crippen LogP contribution is 2.25. The van der Waals surface area contributed by atoms with Crippen molar-refractivity contribution in [2.45, 2.75) is 31.8 Å². The molecular formula is C21H26N4O. The first-order chi connectivity index (χ1) is 12.7. The van der Waals surface area contributed by atoms with Gasteiger partial charge in [-0.3, -0.25) is 9.69 Å². The van der Waals surface area contributed by atoms with Crippen molar-refractivity contribution in [3.8, 4) is 0 Å². The second-order valence-electron chi connectivity index (χ2n) is 7.19. The highest BCUT2D eigenvalue weighted by molar-refractivity contribution is 5.94. The smallest absolute Gasteiger partial charge is 0.255 e. The lowest BCUT2D eigenvalue weighted by Gasteiger charge is -2.40. The van der Waals surface area contributed by atoms with Crippen molar-refractivity contribution in [2.75, 3.05) is 32.0 Å². The van der Waals surface area contributed by atoms with E-state index in [0.717, 1.165) is 51.3 Å². The van der Waals surface area contributed by atoms with E-state index in [1.54, 1.807) is 6.20 Å². The molecule has 0 aliphatic carbocycles. The Hall–Kier alpha value is -2.40. The van der Waals surface area contributed by atoms with Gasteiger partial charge < -0.3 is 10.2 Å². The third-order valence-electron chi connectivity index (χ3n) is 5.69. The SMILES string of the molecule is CNc1ccc(C(=O)N2CCC(N3CCc4ccccc4C3)CC2)cn1. The molecule has 2 aliphatic rings. The number of benzene rings is 1. The molecule has 1 aromatic heterocycles. The Morgan fingerprint density at radius 2 is 1.85 bits per heavy atom. The van der Waals surface area contributed by atoms with E-state index in [2.05, 4.69) is 39.5 Å². The van der Waals surface area contributed by atoms with E-state index < -0.39 is 0 Å². The van der Waals surface area contributed by atoms with Gasteiger partial charge in [-0.1, -0.05) is 24.3 Å². The maximum atomic E-state index is 12.7. The summed E-state index contributed by atoms with van der Waals surface area (Å²) < 4.78 is 0. The fourth-order valence-corrected chi connectivity index (χ4v) is 4.11. The van der Waals surface area contributed by atoms with Gasteiger partial charge in [0.1, 0.15) is 5.82 Å². The van der Waals surface area contributed by atoms with Gasteiger partial charge in [-0.2, -0.15) is 0 Å². The zero-order valence-electron chi connectivity index (χ0n) is 15.3. The molecule has 4 rings (SSSR count). The molecular weight excluding hydrogens is 324 g/mol. The topological polar surface area (TPSA) is 48.5 Å². The minimum absolute atomic E-state index is 0.0996. The van der Waals surface area contributed by atoms with Crippen LogP contribution in [0.1, 0.15) is 34.3 Å². The molecule has 1 amide bonds. The van der Waals surface area contributed by atoms with E-state index in [4.69, 9.17) is 0 Å². The second kappa shape index (κ2) is 7.46.